The van der Waals surface area contributed by atoms with Crippen molar-refractivity contribution in [3.63, 3.8) is 0 Å². The Labute approximate surface area is 228 Å². The maximum Gasteiger partial charge on any atom is 0.559 e. The summed E-state index contributed by atoms with van der Waals surface area (Å²) in [6, 6.07) is 0. The van der Waals surface area contributed by atoms with Crippen molar-refractivity contribution in [2.24, 2.45) is 0 Å². The molecule has 0 fully saturated rings. The van der Waals surface area contributed by atoms with Crippen molar-refractivity contribution in [3.8, 4) is 0 Å². The molecule has 35 heavy (non-hydrogen) atoms. The molecule has 0 saturated heterocycles. The Morgan fingerprint density at radius 1 is 0.457 bits per heavy atom. The fourth-order valence-corrected chi connectivity index (χ4v) is 8.34. The van der Waals surface area contributed by atoms with Crippen LogP contribution in [0.3, 0.4) is 0 Å². The minimum absolute atomic E-state index is 0. The Morgan fingerprint density at radius 2 is 0.800 bits per heavy atom. The van der Waals surface area contributed by atoms with E-state index in [2.05, 4.69) is 41.7 Å². The van der Waals surface area contributed by atoms with Gasteiger partial charge < -0.3 is 30.2 Å². The van der Waals surface area contributed by atoms with Crippen molar-refractivity contribution >= 4 is 8.80 Å². The first-order valence-corrected chi connectivity index (χ1v) is 17.2. The molecule has 0 aromatic carbocycles. The average molecular weight is 538 g/mol. The summed E-state index contributed by atoms with van der Waals surface area (Å²) in [6.07, 6.45) is 24.8. The number of hydrogen-bond acceptors (Lipinski definition) is 3. The summed E-state index contributed by atoms with van der Waals surface area (Å²) in [5, 5.41) is 0. The van der Waals surface area contributed by atoms with Crippen molar-refractivity contribution in [1.29, 1.82) is 0 Å². The number of nitrogens with zero attached hydrogens (tertiary/aromatic N) is 1. The van der Waals surface area contributed by atoms with E-state index in [1.807, 2.05) is 0 Å². The Bertz CT molecular complexity index is 414. The number of hydrogen-bond donors (Lipinski definition) is 0. The summed E-state index contributed by atoms with van der Waals surface area (Å²) in [4.78, 5) is 0. The lowest BCUT2D eigenvalue weighted by molar-refractivity contribution is -0.902. The third kappa shape index (κ3) is 21.0. The summed E-state index contributed by atoms with van der Waals surface area (Å²) in [5.41, 5.74) is 0. The first kappa shape index (κ1) is 37.5. The second-order valence-corrected chi connectivity index (χ2v) is 13.1. The van der Waals surface area contributed by atoms with E-state index in [0.717, 1.165) is 10.7 Å². The second kappa shape index (κ2) is 26.0. The zero-order valence-electron chi connectivity index (χ0n) is 24.8. The van der Waals surface area contributed by atoms with E-state index < -0.39 is 8.80 Å². The zero-order chi connectivity index (χ0) is 25.4. The van der Waals surface area contributed by atoms with Gasteiger partial charge in [0.2, 0.25) is 0 Å². The molecule has 0 aromatic rings. The highest BCUT2D eigenvalue weighted by atomic mass is 35.5. The molecule has 1 unspecified atom stereocenters. The smallest absolute Gasteiger partial charge is 0.559 e. The number of unbranched alkanes of at least 4 members (excludes halogenated alkanes) is 15. The molecule has 0 aliphatic rings. The minimum Gasteiger partial charge on any atom is -1.00 e. The molecule has 1 atom stereocenters. The van der Waals surface area contributed by atoms with Crippen LogP contribution < -0.4 is 12.4 Å². The van der Waals surface area contributed by atoms with Crippen LogP contribution in [0.5, 0.6) is 0 Å². The number of quaternary nitrogens is 1. The van der Waals surface area contributed by atoms with Crippen LogP contribution in [-0.4, -0.2) is 59.4 Å². The van der Waals surface area contributed by atoms with Gasteiger partial charge in [-0.1, -0.05) is 104 Å². The summed E-state index contributed by atoms with van der Waals surface area (Å²) in [5.74, 6) is 0. The number of rotatable bonds is 27. The summed E-state index contributed by atoms with van der Waals surface area (Å²) in [6.45, 7) is 15.1. The predicted octanol–water partition coefficient (Wildman–Crippen LogP) is 5.70. The Balaban J connectivity index is 0. The van der Waals surface area contributed by atoms with Crippen molar-refractivity contribution in [3.05, 3.63) is 0 Å². The van der Waals surface area contributed by atoms with Crippen LogP contribution in [0.25, 0.3) is 0 Å². The van der Waals surface area contributed by atoms with Gasteiger partial charge in [-0.15, -0.1) is 0 Å². The lowest BCUT2D eigenvalue weighted by Gasteiger charge is -2.40. The maximum absolute atomic E-state index is 6.16. The van der Waals surface area contributed by atoms with Gasteiger partial charge in [0.15, 0.2) is 0 Å². The van der Waals surface area contributed by atoms with Crippen molar-refractivity contribution in [2.45, 2.75) is 144 Å². The first-order chi connectivity index (χ1) is 16.5. The molecule has 0 rings (SSSR count). The highest BCUT2D eigenvalue weighted by molar-refractivity contribution is 6.60. The Kier molecular flexibility index (Phi) is 27.8. The third-order valence-corrected chi connectivity index (χ3v) is 10.3. The quantitative estimate of drug-likeness (QED) is 0.0764. The van der Waals surface area contributed by atoms with Crippen LogP contribution in [0.2, 0.25) is 0 Å². The molecule has 0 spiro atoms. The second-order valence-electron chi connectivity index (χ2n) is 10.5. The minimum atomic E-state index is -2.61. The van der Waals surface area contributed by atoms with Crippen molar-refractivity contribution in [2.75, 3.05) is 46.1 Å². The topological polar surface area (TPSA) is 27.7 Å². The van der Waals surface area contributed by atoms with E-state index in [0.29, 0.717) is 19.8 Å². The molecule has 0 heterocycles. The highest BCUT2D eigenvalue weighted by Gasteiger charge is 2.48. The molecule has 0 bridgehead atoms. The largest absolute Gasteiger partial charge is 1.00 e. The summed E-state index contributed by atoms with van der Waals surface area (Å²) >= 11 is 0. The molecule has 0 aromatic heterocycles. The first-order valence-electron chi connectivity index (χ1n) is 15.3. The molecular formula is C29H64ClNO3Si. The van der Waals surface area contributed by atoms with E-state index in [9.17, 15) is 0 Å². The van der Waals surface area contributed by atoms with Gasteiger partial charge in [0.05, 0.1) is 20.1 Å². The van der Waals surface area contributed by atoms with Crippen LogP contribution >= 0.6 is 0 Å². The van der Waals surface area contributed by atoms with Gasteiger partial charge in [-0.05, 0) is 40.0 Å². The summed E-state index contributed by atoms with van der Waals surface area (Å²) < 4.78 is 19.5. The lowest BCUT2D eigenvalue weighted by atomic mass is 10.0. The Hall–Kier alpha value is 0.347. The molecule has 214 valence electrons. The van der Waals surface area contributed by atoms with Crippen molar-refractivity contribution < 1.29 is 30.2 Å². The lowest BCUT2D eigenvalue weighted by Crippen LogP contribution is -3.00. The van der Waals surface area contributed by atoms with Crippen LogP contribution in [0.4, 0.5) is 0 Å². The zero-order valence-corrected chi connectivity index (χ0v) is 26.6. The van der Waals surface area contributed by atoms with E-state index in [-0.39, 0.29) is 12.4 Å². The molecule has 0 saturated carbocycles. The van der Waals surface area contributed by atoms with Crippen LogP contribution in [-0.2, 0) is 13.3 Å². The SMILES string of the molecule is CCCCCCCCCCCCCCCCCC[N+](C)(CCC)C[Si](OCC)(OCC)OCC.[Cl-]. The van der Waals surface area contributed by atoms with Gasteiger partial charge in [0.1, 0.15) is 6.17 Å². The molecule has 0 radical (unpaired) electrons. The normalized spacial score (nSPS) is 13.5. The molecule has 4 nitrogen and oxygen atoms in total. The molecule has 0 aliphatic carbocycles. The van der Waals surface area contributed by atoms with Crippen LogP contribution in [0, 0.1) is 0 Å². The average Bonchev–Trinajstić information content (AvgIpc) is 2.79. The predicted molar refractivity (Wildman–Crippen MR) is 151 cm³/mol. The van der Waals surface area contributed by atoms with Gasteiger partial charge in [-0.25, -0.2) is 0 Å². The van der Waals surface area contributed by atoms with Gasteiger partial charge in [-0.3, -0.25) is 0 Å². The monoisotopic (exact) mass is 537 g/mol. The number of halogens is 1. The van der Waals surface area contributed by atoms with Gasteiger partial charge in [0.25, 0.3) is 0 Å². The fourth-order valence-electron chi connectivity index (χ4n) is 5.24. The summed E-state index contributed by atoms with van der Waals surface area (Å²) in [7, 11) is -0.224. The highest BCUT2D eigenvalue weighted by Crippen LogP contribution is 2.20. The van der Waals surface area contributed by atoms with E-state index in [1.165, 1.54) is 122 Å². The third-order valence-electron chi connectivity index (χ3n) is 6.98. The molecule has 0 aliphatic heterocycles. The van der Waals surface area contributed by atoms with Crippen LogP contribution in [0.15, 0.2) is 0 Å². The van der Waals surface area contributed by atoms with Gasteiger partial charge >= 0.3 is 8.80 Å². The maximum atomic E-state index is 6.16. The van der Waals surface area contributed by atoms with Crippen LogP contribution in [0.1, 0.15) is 144 Å². The molecular weight excluding hydrogens is 474 g/mol. The standard InChI is InChI=1S/C29H64NO3Si.ClH/c1-7-12-13-14-15-16-17-18-19-20-21-22-23-24-25-26-28-30(6,27-8-2)29-34(31-9-3,32-10-4)33-11-5;/h7-29H2,1-6H3;1H/q+1;/p-1. The van der Waals surface area contributed by atoms with E-state index in [4.69, 9.17) is 13.3 Å². The molecule has 0 amide bonds. The van der Waals surface area contributed by atoms with E-state index in [1.54, 1.807) is 0 Å². The fraction of sp³-hybridized carbons (Fsp3) is 1.00. The van der Waals surface area contributed by atoms with Gasteiger partial charge in [-0.2, -0.15) is 0 Å². The van der Waals surface area contributed by atoms with Gasteiger partial charge in [0, 0.05) is 19.8 Å². The Morgan fingerprint density at radius 3 is 1.11 bits per heavy atom. The van der Waals surface area contributed by atoms with Crippen molar-refractivity contribution in [1.82, 2.24) is 0 Å². The van der Waals surface area contributed by atoms with E-state index >= 15 is 0 Å². The molecule has 6 heteroatoms. The molecule has 0 N–H and O–H groups in total.